The fourth-order valence-electron chi connectivity index (χ4n) is 16.5. The summed E-state index contributed by atoms with van der Waals surface area (Å²) in [6.45, 7) is 42.6. The first-order valence-electron chi connectivity index (χ1n) is 37.6. The molecule has 2 fully saturated rings. The van der Waals surface area contributed by atoms with Crippen molar-refractivity contribution < 1.29 is 69.4 Å². The molecule has 26 nitrogen and oxygen atoms in total. The molecule has 10 N–H and O–H groups in total. The van der Waals surface area contributed by atoms with E-state index < -0.39 is 41.1 Å². The summed E-state index contributed by atoms with van der Waals surface area (Å²) in [4.78, 5) is 123. The first-order valence-corrected chi connectivity index (χ1v) is 37.6. The average molecular weight is 1490 g/mol. The molecule has 4 aliphatic heterocycles. The largest absolute Gasteiger partial charge is 0.506 e. The Bertz CT molecular complexity index is 4410. The van der Waals surface area contributed by atoms with Gasteiger partial charge in [0.2, 0.25) is 47.0 Å². The summed E-state index contributed by atoms with van der Waals surface area (Å²) in [7, 11) is 2.92. The highest BCUT2D eigenvalue weighted by Crippen LogP contribution is 2.57. The van der Waals surface area contributed by atoms with Crippen LogP contribution in [0.5, 0.6) is 0 Å². The zero-order chi connectivity index (χ0) is 80.4. The molecule has 8 aliphatic rings. The fourth-order valence-corrected chi connectivity index (χ4v) is 16.5. The number of nitrogens with one attached hydrogen (secondary N) is 4. The van der Waals surface area contributed by atoms with Gasteiger partial charge in [0.1, 0.15) is 11.5 Å². The lowest BCUT2D eigenvalue weighted by molar-refractivity contribution is -0.130. The van der Waals surface area contributed by atoms with Crippen LogP contribution in [-0.2, 0) is 49.2 Å². The third-order valence-corrected chi connectivity index (χ3v) is 23.6. The Morgan fingerprint density at radius 3 is 1.12 bits per heavy atom. The fraction of sp³-hybridized carbons (Fsp3) is 0.537. The normalized spacial score (nSPS) is 23.6. The quantitative estimate of drug-likeness (QED) is 0.0297. The van der Waals surface area contributed by atoms with Gasteiger partial charge in [-0.1, -0.05) is 55.4 Å². The highest BCUT2D eigenvalue weighted by molar-refractivity contribution is 6.43. The number of benzene rings is 2. The maximum Gasteiger partial charge on any atom is 0.247 e. The topological polar surface area (TPSA) is 350 Å². The first kappa shape index (κ1) is 82.9. The summed E-state index contributed by atoms with van der Waals surface area (Å²) < 4.78 is 0. The molecule has 4 unspecified atom stereocenters. The van der Waals surface area contributed by atoms with Crippen molar-refractivity contribution in [2.45, 2.75) is 249 Å². The molecule has 0 aromatic heterocycles. The second-order valence-corrected chi connectivity index (χ2v) is 33.2. The lowest BCUT2D eigenvalue weighted by Gasteiger charge is -2.34. The zero-order valence-electron chi connectivity index (χ0n) is 66.8. The van der Waals surface area contributed by atoms with Crippen LogP contribution in [0.3, 0.4) is 0 Å². The molecule has 0 radical (unpaired) electrons. The monoisotopic (exact) mass is 1490 g/mol. The molecular weight excluding hydrogens is 1380 g/mol. The number of likely N-dealkylation sites (tertiary alicyclic amines) is 2. The summed E-state index contributed by atoms with van der Waals surface area (Å²) in [5.41, 5.74) is 12.0. The van der Waals surface area contributed by atoms with Gasteiger partial charge in [0, 0.05) is 181 Å². The summed E-state index contributed by atoms with van der Waals surface area (Å²) in [6.07, 6.45) is 7.41. The van der Waals surface area contributed by atoms with Crippen molar-refractivity contribution in [1.82, 2.24) is 30.9 Å². The number of nitrogens with zero attached hydrogens (tertiary/aromatic N) is 8. The third-order valence-electron chi connectivity index (χ3n) is 23.6. The predicted octanol–water partition coefficient (Wildman–Crippen LogP) is 12.0. The second kappa shape index (κ2) is 31.4. The van der Waals surface area contributed by atoms with Crippen molar-refractivity contribution in [3.8, 4) is 0 Å². The average Bonchev–Trinajstić information content (AvgIpc) is 1.47. The molecule has 0 spiro atoms. The summed E-state index contributed by atoms with van der Waals surface area (Å²) in [5.74, 6) is -4.40. The van der Waals surface area contributed by atoms with Gasteiger partial charge in [-0.2, -0.15) is 10.1 Å². The van der Waals surface area contributed by atoms with Crippen LogP contribution in [0.4, 0.5) is 22.7 Å². The van der Waals surface area contributed by atoms with Crippen LogP contribution in [0, 0.1) is 10.8 Å². The van der Waals surface area contributed by atoms with Crippen molar-refractivity contribution in [3.63, 3.8) is 0 Å². The molecule has 26 heteroatoms. The molecule has 2 aromatic carbocycles. The molecule has 108 heavy (non-hydrogen) atoms. The maximum atomic E-state index is 14.6. The Labute approximate surface area is 634 Å². The van der Waals surface area contributed by atoms with Gasteiger partial charge < -0.3 is 50.9 Å². The highest BCUT2D eigenvalue weighted by atomic mass is 16.5. The maximum absolute atomic E-state index is 14.6. The van der Waals surface area contributed by atoms with Crippen LogP contribution in [0.25, 0.3) is 11.1 Å². The number of carbonyl (C=O) groups excluding carboxylic acids is 8. The lowest BCUT2D eigenvalue weighted by Crippen LogP contribution is -2.42. The van der Waals surface area contributed by atoms with E-state index in [4.69, 9.17) is 10.4 Å². The van der Waals surface area contributed by atoms with Crippen LogP contribution in [0.2, 0.25) is 0 Å². The number of hydroxylamine groups is 6. The Hall–Kier alpha value is -9.18. The highest BCUT2D eigenvalue weighted by Gasteiger charge is 2.53. The number of carbonyl (C=O) groups is 8. The van der Waals surface area contributed by atoms with Crippen molar-refractivity contribution in [2.75, 3.05) is 47.6 Å². The van der Waals surface area contributed by atoms with E-state index in [0.717, 1.165) is 55.2 Å². The number of aliphatic hydroxyl groups excluding tert-OH is 2. The molecule has 0 bridgehead atoms. The number of aliphatic imine (C=N–C) groups is 2. The van der Waals surface area contributed by atoms with Gasteiger partial charge in [-0.3, -0.25) is 48.8 Å². The van der Waals surface area contributed by atoms with Crippen LogP contribution in [0.15, 0.2) is 115 Å². The van der Waals surface area contributed by atoms with E-state index in [9.17, 15) is 59.0 Å². The number of fused-ring (bicyclic) bond motifs is 4. The third kappa shape index (κ3) is 15.3. The van der Waals surface area contributed by atoms with Gasteiger partial charge in [0.05, 0.1) is 45.1 Å². The summed E-state index contributed by atoms with van der Waals surface area (Å²) in [5, 5.41) is 68.7. The molecule has 0 saturated carbocycles. The number of ketones is 2. The summed E-state index contributed by atoms with van der Waals surface area (Å²) in [6, 6.07) is 8.38. The van der Waals surface area contributed by atoms with Crippen molar-refractivity contribution in [3.05, 3.63) is 127 Å². The van der Waals surface area contributed by atoms with E-state index in [-0.39, 0.29) is 186 Å². The molecule has 584 valence electrons. The van der Waals surface area contributed by atoms with Crippen LogP contribution in [0.1, 0.15) is 212 Å². The van der Waals surface area contributed by atoms with Crippen molar-refractivity contribution >= 4 is 92.3 Å². The van der Waals surface area contributed by atoms with Gasteiger partial charge in [-0.25, -0.2) is 20.9 Å². The number of allylic oxidation sites excluding steroid dienone is 12. The minimum absolute atomic E-state index is 0.00434. The number of rotatable bonds is 22. The molecule has 4 aliphatic carbocycles. The molecule has 4 atom stereocenters. The Balaban J connectivity index is 0.000000250. The Morgan fingerprint density at radius 1 is 0.454 bits per heavy atom. The molecule has 2 aromatic rings. The van der Waals surface area contributed by atoms with E-state index >= 15 is 0 Å². The number of Topliss-reactive ketones (excluding diaryl/α,β-unsaturated/α-hetero) is 2. The smallest absolute Gasteiger partial charge is 0.247 e. The molecular formula is C82H112N12O14. The van der Waals surface area contributed by atoms with E-state index in [0.29, 0.717) is 33.6 Å². The Morgan fingerprint density at radius 2 is 0.778 bits per heavy atom. The standard InChI is InChI=1S/C42H56N6O8.C40H56N6O6/c1-21(2)47-23(5)41(7,8)27-17-25(29(19-31(27)47)43-33(49)13-11-15-35(51)45-55)37-39(53)38(40(37)54)26-18-28-32(48(22(3)4)24(6)42(28,9)10)20-30(26)44-34(50)14-12-16-36(52)46-56;1-21(2)45-23(5)39(7,8)27-17-25(29(19-31(27)45)41-33(47)13-15-43(11)51)35-37(49)36(38(35)50)26-18-28-32(46(22(3)4)24(6)40(28,9)10)20-30(26)42-34(48)14-16-44(12)52/h17-24,53,55-56H,11-16H2,1-10H3,(H,43,49)(H,45,51)(H,46,52);17-24,49,51-52H,13-16H2,1-12H3,(H,41,47)/b;36-26+,42-30?. The van der Waals surface area contributed by atoms with Gasteiger partial charge in [-0.15, -0.1) is 0 Å². The minimum Gasteiger partial charge on any atom is -0.506 e. The van der Waals surface area contributed by atoms with Crippen molar-refractivity contribution in [2.24, 2.45) is 20.8 Å². The Kier molecular flexibility index (Phi) is 24.1. The molecule has 4 heterocycles. The summed E-state index contributed by atoms with van der Waals surface area (Å²) >= 11 is 0. The van der Waals surface area contributed by atoms with Gasteiger partial charge in [-0.05, 0) is 167 Å². The van der Waals surface area contributed by atoms with Crippen LogP contribution in [-0.4, -0.2) is 185 Å². The van der Waals surface area contributed by atoms with Crippen molar-refractivity contribution in [1.29, 1.82) is 0 Å². The van der Waals surface area contributed by atoms with Gasteiger partial charge in [0.25, 0.3) is 0 Å². The minimum atomic E-state index is -0.621. The number of aliphatic hydroxyl groups is 2. The van der Waals surface area contributed by atoms with E-state index in [1.165, 1.54) is 14.1 Å². The van der Waals surface area contributed by atoms with E-state index in [1.54, 1.807) is 17.0 Å². The van der Waals surface area contributed by atoms with Crippen LogP contribution >= 0.6 is 0 Å². The molecule has 10 rings (SSSR count). The van der Waals surface area contributed by atoms with Gasteiger partial charge in [0.15, 0.2) is 0 Å². The number of amides is 6. The lowest BCUT2D eigenvalue weighted by atomic mass is 9.73. The number of anilines is 4. The number of hydrogen-bond acceptors (Lipinski definition) is 20. The molecule has 2 saturated heterocycles. The second-order valence-electron chi connectivity index (χ2n) is 33.2. The predicted molar refractivity (Wildman–Crippen MR) is 417 cm³/mol. The van der Waals surface area contributed by atoms with Gasteiger partial charge >= 0.3 is 0 Å². The first-order chi connectivity index (χ1) is 50.3. The number of hydrogen-bond donors (Lipinski definition) is 10. The van der Waals surface area contributed by atoms with E-state index in [2.05, 4.69) is 179 Å². The van der Waals surface area contributed by atoms with E-state index in [1.807, 2.05) is 42.5 Å². The van der Waals surface area contributed by atoms with Crippen LogP contribution < -0.4 is 31.4 Å². The SMILES string of the molecule is CC(C)N1C2=CC(=NC(=O)CCCC(=O)NO)C(=C3C(=O)C(c4cc5c(cc4NC(=O)CCCC(=O)NO)N(C(C)C)C(C)C5(C)C)=C3O)C=C2C(C)(C)C1C.CC(C)N1C2=CC(=NC(=O)CCN(C)O)/C(=C3/C(=O)C(c4cc5c(cc4NC(=O)CCN(C)O)N(C(C)C)C(C)C5(C)C)=C3O)C=C2C(C)(C)C1C. The zero-order valence-corrected chi connectivity index (χ0v) is 66.8. The molecule has 6 amide bonds.